The molecule has 0 radical (unpaired) electrons. The number of benzene rings is 2. The SMILES string of the molecule is Cc1ccc(C(=O)NC(=S)Nc2cc(C(F)(F)F)ccc2N2CCCCC2)cc1C. The van der Waals surface area contributed by atoms with Gasteiger partial charge in [-0.2, -0.15) is 13.2 Å². The van der Waals surface area contributed by atoms with Crippen molar-refractivity contribution in [3.8, 4) is 0 Å². The van der Waals surface area contributed by atoms with Crippen LogP contribution < -0.4 is 15.5 Å². The Bertz CT molecular complexity index is 953. The zero-order valence-corrected chi connectivity index (χ0v) is 17.7. The number of hydrogen-bond acceptors (Lipinski definition) is 3. The van der Waals surface area contributed by atoms with E-state index in [1.165, 1.54) is 6.07 Å². The van der Waals surface area contributed by atoms with E-state index in [1.54, 1.807) is 12.1 Å². The summed E-state index contributed by atoms with van der Waals surface area (Å²) in [5, 5.41) is 5.32. The summed E-state index contributed by atoms with van der Waals surface area (Å²) in [6.07, 6.45) is -1.41. The van der Waals surface area contributed by atoms with Crippen LogP contribution in [-0.4, -0.2) is 24.1 Å². The van der Waals surface area contributed by atoms with Gasteiger partial charge < -0.3 is 10.2 Å². The standard InChI is InChI=1S/C22H24F3N3OS/c1-14-6-7-16(12-15(14)2)20(29)27-21(30)26-18-13-17(22(23,24)25)8-9-19(18)28-10-4-3-5-11-28/h6-9,12-13H,3-5,10-11H2,1-2H3,(H2,26,27,29,30). The molecule has 0 spiro atoms. The van der Waals surface area contributed by atoms with Gasteiger partial charge in [0, 0.05) is 18.7 Å². The molecule has 1 amide bonds. The average Bonchev–Trinajstić information content (AvgIpc) is 2.70. The van der Waals surface area contributed by atoms with Crippen molar-refractivity contribution >= 4 is 34.6 Å². The molecule has 0 bridgehead atoms. The molecule has 2 N–H and O–H groups in total. The van der Waals surface area contributed by atoms with Crippen LogP contribution in [0.2, 0.25) is 0 Å². The fraction of sp³-hybridized carbons (Fsp3) is 0.364. The van der Waals surface area contributed by atoms with E-state index in [4.69, 9.17) is 12.2 Å². The molecular formula is C22H24F3N3OS. The summed E-state index contributed by atoms with van der Waals surface area (Å²) in [6.45, 7) is 5.37. The van der Waals surface area contributed by atoms with Crippen molar-refractivity contribution in [2.75, 3.05) is 23.3 Å². The van der Waals surface area contributed by atoms with Gasteiger partial charge in [-0.15, -0.1) is 0 Å². The highest BCUT2D eigenvalue weighted by molar-refractivity contribution is 7.80. The first kappa shape index (κ1) is 22.1. The van der Waals surface area contributed by atoms with E-state index >= 15 is 0 Å². The fourth-order valence-corrected chi connectivity index (χ4v) is 3.64. The molecule has 1 aliphatic rings. The molecular weight excluding hydrogens is 411 g/mol. The zero-order valence-electron chi connectivity index (χ0n) is 16.9. The van der Waals surface area contributed by atoms with E-state index in [2.05, 4.69) is 10.6 Å². The molecule has 8 heteroatoms. The van der Waals surface area contributed by atoms with Crippen LogP contribution in [0.15, 0.2) is 36.4 Å². The Kier molecular flexibility index (Phi) is 6.65. The summed E-state index contributed by atoms with van der Waals surface area (Å²) in [4.78, 5) is 14.5. The molecule has 0 aromatic heterocycles. The number of thiocarbonyl (C=S) groups is 1. The van der Waals surface area contributed by atoms with Crippen LogP contribution in [0, 0.1) is 13.8 Å². The molecule has 0 atom stereocenters. The molecule has 1 heterocycles. The van der Waals surface area contributed by atoms with Crippen molar-refractivity contribution in [3.05, 3.63) is 58.7 Å². The number of amides is 1. The lowest BCUT2D eigenvalue weighted by atomic mass is 10.1. The highest BCUT2D eigenvalue weighted by atomic mass is 32.1. The Morgan fingerprint density at radius 3 is 2.33 bits per heavy atom. The predicted octanol–water partition coefficient (Wildman–Crippen LogP) is 5.44. The van der Waals surface area contributed by atoms with E-state index < -0.39 is 17.6 Å². The molecule has 160 valence electrons. The zero-order chi connectivity index (χ0) is 21.9. The lowest BCUT2D eigenvalue weighted by molar-refractivity contribution is -0.137. The molecule has 30 heavy (non-hydrogen) atoms. The van der Waals surface area contributed by atoms with Crippen molar-refractivity contribution in [1.82, 2.24) is 5.32 Å². The van der Waals surface area contributed by atoms with Gasteiger partial charge in [0.2, 0.25) is 0 Å². The monoisotopic (exact) mass is 435 g/mol. The number of piperidine rings is 1. The lowest BCUT2D eigenvalue weighted by Gasteiger charge is -2.31. The lowest BCUT2D eigenvalue weighted by Crippen LogP contribution is -2.35. The summed E-state index contributed by atoms with van der Waals surface area (Å²) in [6, 6.07) is 8.84. The largest absolute Gasteiger partial charge is 0.416 e. The fourth-order valence-electron chi connectivity index (χ4n) is 3.43. The van der Waals surface area contributed by atoms with E-state index in [-0.39, 0.29) is 10.8 Å². The van der Waals surface area contributed by atoms with Crippen molar-refractivity contribution in [2.24, 2.45) is 0 Å². The van der Waals surface area contributed by atoms with Crippen LogP contribution in [0.5, 0.6) is 0 Å². The first-order valence-electron chi connectivity index (χ1n) is 9.81. The maximum absolute atomic E-state index is 13.2. The summed E-state index contributed by atoms with van der Waals surface area (Å²) >= 11 is 5.23. The van der Waals surface area contributed by atoms with E-state index in [0.717, 1.165) is 55.6 Å². The number of halogens is 3. The minimum atomic E-state index is -4.47. The maximum Gasteiger partial charge on any atom is 0.416 e. The first-order valence-corrected chi connectivity index (χ1v) is 10.2. The number of nitrogens with zero attached hydrogens (tertiary/aromatic N) is 1. The number of rotatable bonds is 3. The van der Waals surface area contributed by atoms with Crippen LogP contribution in [0.4, 0.5) is 24.5 Å². The van der Waals surface area contributed by atoms with Gasteiger partial charge in [-0.1, -0.05) is 6.07 Å². The van der Waals surface area contributed by atoms with Gasteiger partial charge in [-0.25, -0.2) is 0 Å². The van der Waals surface area contributed by atoms with Gasteiger partial charge in [0.05, 0.1) is 16.9 Å². The summed E-state index contributed by atoms with van der Waals surface area (Å²) in [5.41, 5.74) is 2.56. The highest BCUT2D eigenvalue weighted by Gasteiger charge is 2.31. The summed E-state index contributed by atoms with van der Waals surface area (Å²) in [7, 11) is 0. The van der Waals surface area contributed by atoms with E-state index in [0.29, 0.717) is 11.3 Å². The number of nitrogens with one attached hydrogen (secondary N) is 2. The predicted molar refractivity (Wildman–Crippen MR) is 117 cm³/mol. The molecule has 0 unspecified atom stereocenters. The molecule has 2 aromatic rings. The number of hydrogen-bond donors (Lipinski definition) is 2. The Morgan fingerprint density at radius 1 is 1.00 bits per heavy atom. The second kappa shape index (κ2) is 9.04. The van der Waals surface area contributed by atoms with Gasteiger partial charge in [0.15, 0.2) is 5.11 Å². The number of anilines is 2. The molecule has 3 rings (SSSR count). The molecule has 1 saturated heterocycles. The van der Waals surface area contributed by atoms with E-state index in [9.17, 15) is 18.0 Å². The van der Waals surface area contributed by atoms with Gasteiger partial charge in [0.1, 0.15) is 0 Å². The Hall–Kier alpha value is -2.61. The topological polar surface area (TPSA) is 44.4 Å². The molecule has 0 aliphatic carbocycles. The minimum absolute atomic E-state index is 0.0455. The molecule has 4 nitrogen and oxygen atoms in total. The summed E-state index contributed by atoms with van der Waals surface area (Å²) < 4.78 is 39.7. The maximum atomic E-state index is 13.2. The highest BCUT2D eigenvalue weighted by Crippen LogP contribution is 2.36. The third-order valence-electron chi connectivity index (χ3n) is 5.26. The smallest absolute Gasteiger partial charge is 0.370 e. The van der Waals surface area contributed by atoms with Crippen LogP contribution >= 0.6 is 12.2 Å². The van der Waals surface area contributed by atoms with Gasteiger partial charge in [-0.05, 0) is 86.8 Å². The Labute approximate surface area is 179 Å². The van der Waals surface area contributed by atoms with Crippen LogP contribution in [0.25, 0.3) is 0 Å². The molecule has 0 saturated carbocycles. The number of alkyl halides is 3. The van der Waals surface area contributed by atoms with Crippen LogP contribution in [0.1, 0.15) is 46.3 Å². The quantitative estimate of drug-likeness (QED) is 0.631. The van der Waals surface area contributed by atoms with Gasteiger partial charge in [0.25, 0.3) is 5.91 Å². The third-order valence-corrected chi connectivity index (χ3v) is 5.47. The minimum Gasteiger partial charge on any atom is -0.370 e. The number of carbonyl (C=O) groups is 1. The Balaban J connectivity index is 1.81. The van der Waals surface area contributed by atoms with Crippen molar-refractivity contribution < 1.29 is 18.0 Å². The second-order valence-electron chi connectivity index (χ2n) is 7.48. The third kappa shape index (κ3) is 5.30. The Morgan fingerprint density at radius 2 is 1.70 bits per heavy atom. The molecule has 1 aliphatic heterocycles. The molecule has 1 fully saturated rings. The summed E-state index contributed by atoms with van der Waals surface area (Å²) in [5.74, 6) is -0.415. The normalized spacial score (nSPS) is 14.4. The van der Waals surface area contributed by atoms with Crippen LogP contribution in [0.3, 0.4) is 0 Å². The van der Waals surface area contributed by atoms with Crippen molar-refractivity contribution in [3.63, 3.8) is 0 Å². The van der Waals surface area contributed by atoms with Gasteiger partial charge in [-0.3, -0.25) is 10.1 Å². The number of aryl methyl sites for hydroxylation is 2. The van der Waals surface area contributed by atoms with Crippen molar-refractivity contribution in [2.45, 2.75) is 39.3 Å². The second-order valence-corrected chi connectivity index (χ2v) is 7.89. The molecule has 2 aromatic carbocycles. The number of carbonyl (C=O) groups excluding carboxylic acids is 1. The average molecular weight is 436 g/mol. The van der Waals surface area contributed by atoms with Crippen LogP contribution in [-0.2, 0) is 6.18 Å². The first-order chi connectivity index (χ1) is 14.1. The van der Waals surface area contributed by atoms with Crippen molar-refractivity contribution in [1.29, 1.82) is 0 Å². The van der Waals surface area contributed by atoms with Gasteiger partial charge >= 0.3 is 6.18 Å². The van der Waals surface area contributed by atoms with E-state index in [1.807, 2.05) is 24.8 Å².